The highest BCUT2D eigenvalue weighted by Crippen LogP contribution is 2.51. The minimum Gasteiger partial charge on any atom is -0.508 e. The molecule has 6 heteroatoms. The molecule has 0 aromatic heterocycles. The average molecular weight is 500 g/mol. The summed E-state index contributed by atoms with van der Waals surface area (Å²) in [5.74, 6) is 1.83. The lowest BCUT2D eigenvalue weighted by atomic mass is 9.57. The maximum Gasteiger partial charge on any atom is 0.416 e. The van der Waals surface area contributed by atoms with Gasteiger partial charge in [-0.1, -0.05) is 36.4 Å². The van der Waals surface area contributed by atoms with Gasteiger partial charge in [0.15, 0.2) is 0 Å². The molecule has 1 aliphatic heterocycles. The molecule has 0 radical (unpaired) electrons. The number of phenols is 1. The fourth-order valence-electron chi connectivity index (χ4n) is 6.88. The van der Waals surface area contributed by atoms with Crippen LogP contribution in [0.2, 0.25) is 0 Å². The SMILES string of the molecule is C[N@+]1(CC2CC2)CC[C@@]2(c3cccc(O)c3)C[C@H](NCC=Cc3cccc(C(F)(F)F)c3)CCC2C1. The predicted octanol–water partition coefficient (Wildman–Crippen LogP) is 6.38. The fourth-order valence-corrected chi connectivity index (χ4v) is 6.88. The van der Waals surface area contributed by atoms with Gasteiger partial charge in [-0.25, -0.2) is 0 Å². The number of quaternary nitrogens is 1. The second-order valence-electron chi connectivity index (χ2n) is 11.7. The number of nitrogens with zero attached hydrogens (tertiary/aromatic N) is 1. The second kappa shape index (κ2) is 9.86. The summed E-state index contributed by atoms with van der Waals surface area (Å²) < 4.78 is 40.2. The molecule has 0 amide bonds. The smallest absolute Gasteiger partial charge is 0.416 e. The third-order valence-corrected chi connectivity index (χ3v) is 8.88. The van der Waals surface area contributed by atoms with Gasteiger partial charge in [-0.15, -0.1) is 0 Å². The lowest BCUT2D eigenvalue weighted by Crippen LogP contribution is -2.62. The maximum absolute atomic E-state index is 13.0. The fraction of sp³-hybridized carbons (Fsp3) is 0.533. The van der Waals surface area contributed by atoms with E-state index in [9.17, 15) is 18.3 Å². The van der Waals surface area contributed by atoms with Crippen molar-refractivity contribution in [1.82, 2.24) is 5.32 Å². The standard InChI is InChI=1S/C30H37F3N2O/c1-35(20-23-10-11-23)16-14-29(24-7-3-9-28(36)18-24)19-27(13-12-26(29)21-35)34-15-4-6-22-5-2-8-25(17-22)30(31,32)33/h2-9,17-18,23,26-27,34H,10-16,19-21H2,1H3/p+1/t26?,27-,29+,35-/m1/s1. The number of phenolic OH excluding ortho intramolecular Hbond substituents is 1. The van der Waals surface area contributed by atoms with Crippen LogP contribution in [0.3, 0.4) is 0 Å². The minimum absolute atomic E-state index is 0.0563. The van der Waals surface area contributed by atoms with Gasteiger partial charge in [0, 0.05) is 36.3 Å². The van der Waals surface area contributed by atoms with Crippen LogP contribution in [0.4, 0.5) is 13.2 Å². The van der Waals surface area contributed by atoms with Crippen LogP contribution in [0.5, 0.6) is 5.75 Å². The average Bonchev–Trinajstić information content (AvgIpc) is 3.65. The molecule has 2 aliphatic carbocycles. The van der Waals surface area contributed by atoms with Crippen LogP contribution in [0.1, 0.15) is 55.2 Å². The summed E-state index contributed by atoms with van der Waals surface area (Å²) in [6.45, 7) is 4.30. The highest BCUT2D eigenvalue weighted by atomic mass is 19.4. The first-order valence-electron chi connectivity index (χ1n) is 13.4. The van der Waals surface area contributed by atoms with E-state index in [0.717, 1.165) is 37.7 Å². The number of hydrogen-bond acceptors (Lipinski definition) is 2. The van der Waals surface area contributed by atoms with E-state index in [4.69, 9.17) is 0 Å². The first-order chi connectivity index (χ1) is 17.2. The van der Waals surface area contributed by atoms with Gasteiger partial charge in [-0.2, -0.15) is 13.2 Å². The molecule has 3 nitrogen and oxygen atoms in total. The summed E-state index contributed by atoms with van der Waals surface area (Å²) >= 11 is 0. The Balaban J connectivity index is 1.27. The van der Waals surface area contributed by atoms with Crippen LogP contribution in [-0.2, 0) is 11.6 Å². The van der Waals surface area contributed by atoms with Crippen LogP contribution in [-0.4, -0.2) is 48.9 Å². The quantitative estimate of drug-likeness (QED) is 0.433. The molecule has 1 heterocycles. The van der Waals surface area contributed by atoms with Crippen molar-refractivity contribution in [3.05, 3.63) is 71.3 Å². The number of nitrogens with one attached hydrogen (secondary N) is 1. The lowest BCUT2D eigenvalue weighted by molar-refractivity contribution is -0.921. The van der Waals surface area contributed by atoms with E-state index in [1.807, 2.05) is 18.2 Å². The van der Waals surface area contributed by atoms with Gasteiger partial charge in [0.1, 0.15) is 5.75 Å². The normalized spacial score (nSPS) is 30.9. The zero-order chi connectivity index (χ0) is 25.4. The first-order valence-corrected chi connectivity index (χ1v) is 13.4. The zero-order valence-corrected chi connectivity index (χ0v) is 21.1. The third kappa shape index (κ3) is 5.65. The largest absolute Gasteiger partial charge is 0.508 e. The van der Waals surface area contributed by atoms with E-state index >= 15 is 0 Å². The number of likely N-dealkylation sites (tertiary alicyclic amines) is 1. The van der Waals surface area contributed by atoms with Crippen LogP contribution in [0.15, 0.2) is 54.6 Å². The summed E-state index contributed by atoms with van der Waals surface area (Å²) in [5.41, 5.74) is 1.26. The van der Waals surface area contributed by atoms with E-state index in [0.29, 0.717) is 29.8 Å². The lowest BCUT2D eigenvalue weighted by Gasteiger charge is -2.55. The molecule has 2 saturated carbocycles. The molecule has 3 aliphatic rings. The topological polar surface area (TPSA) is 32.3 Å². The van der Waals surface area contributed by atoms with E-state index in [2.05, 4.69) is 18.4 Å². The predicted molar refractivity (Wildman–Crippen MR) is 138 cm³/mol. The molecule has 2 aromatic carbocycles. The van der Waals surface area contributed by atoms with Gasteiger partial charge in [-0.3, -0.25) is 0 Å². The van der Waals surface area contributed by atoms with Crippen molar-refractivity contribution in [2.24, 2.45) is 11.8 Å². The van der Waals surface area contributed by atoms with Crippen molar-refractivity contribution in [2.45, 2.75) is 56.2 Å². The van der Waals surface area contributed by atoms with Crippen LogP contribution < -0.4 is 5.32 Å². The second-order valence-corrected chi connectivity index (χ2v) is 11.7. The summed E-state index contributed by atoms with van der Waals surface area (Å²) in [7, 11) is 2.44. The molecule has 4 atom stereocenters. The van der Waals surface area contributed by atoms with Crippen LogP contribution in [0.25, 0.3) is 6.08 Å². The number of piperidine rings is 1. The summed E-state index contributed by atoms with van der Waals surface area (Å²) in [5, 5.41) is 13.9. The molecule has 194 valence electrons. The molecule has 1 saturated heterocycles. The Morgan fingerprint density at radius 2 is 1.89 bits per heavy atom. The summed E-state index contributed by atoms with van der Waals surface area (Å²) in [6, 6.07) is 13.7. The third-order valence-electron chi connectivity index (χ3n) is 8.88. The van der Waals surface area contributed by atoms with E-state index in [1.54, 1.807) is 18.2 Å². The molecule has 3 fully saturated rings. The van der Waals surface area contributed by atoms with Crippen molar-refractivity contribution < 1.29 is 22.8 Å². The van der Waals surface area contributed by atoms with Gasteiger partial charge in [0.05, 0.1) is 32.2 Å². The molecule has 0 bridgehead atoms. The van der Waals surface area contributed by atoms with Crippen molar-refractivity contribution in [1.29, 1.82) is 0 Å². The van der Waals surface area contributed by atoms with Gasteiger partial charge in [0.2, 0.25) is 0 Å². The molecular weight excluding hydrogens is 461 g/mol. The van der Waals surface area contributed by atoms with Gasteiger partial charge in [0.25, 0.3) is 0 Å². The molecular formula is C30H38F3N2O+. The van der Waals surface area contributed by atoms with Crippen molar-refractivity contribution in [3.8, 4) is 5.75 Å². The molecule has 1 unspecified atom stereocenters. The van der Waals surface area contributed by atoms with Crippen molar-refractivity contribution in [2.75, 3.05) is 33.2 Å². The zero-order valence-electron chi connectivity index (χ0n) is 21.1. The number of aromatic hydroxyl groups is 1. The molecule has 5 rings (SSSR count). The van der Waals surface area contributed by atoms with Gasteiger partial charge >= 0.3 is 6.18 Å². The Hall–Kier alpha value is -2.31. The number of halogens is 3. The molecule has 0 spiro atoms. The van der Waals surface area contributed by atoms with Crippen molar-refractivity contribution in [3.63, 3.8) is 0 Å². The number of benzene rings is 2. The Bertz CT molecular complexity index is 1100. The molecule has 2 N–H and O–H groups in total. The number of alkyl halides is 3. The summed E-state index contributed by atoms with van der Waals surface area (Å²) in [4.78, 5) is 0. The highest BCUT2D eigenvalue weighted by Gasteiger charge is 2.52. The monoisotopic (exact) mass is 499 g/mol. The number of fused-ring (bicyclic) bond motifs is 1. The van der Waals surface area contributed by atoms with E-state index in [-0.39, 0.29) is 5.41 Å². The Morgan fingerprint density at radius 1 is 1.08 bits per heavy atom. The Morgan fingerprint density at radius 3 is 2.64 bits per heavy atom. The van der Waals surface area contributed by atoms with Gasteiger partial charge in [-0.05, 0) is 67.5 Å². The number of rotatable bonds is 7. The highest BCUT2D eigenvalue weighted by molar-refractivity contribution is 5.50. The maximum atomic E-state index is 13.0. The van der Waals surface area contributed by atoms with Crippen LogP contribution >= 0.6 is 0 Å². The van der Waals surface area contributed by atoms with E-state index in [1.165, 1.54) is 54.7 Å². The van der Waals surface area contributed by atoms with Crippen LogP contribution in [0, 0.1) is 11.8 Å². The van der Waals surface area contributed by atoms with Gasteiger partial charge < -0.3 is 14.9 Å². The first kappa shape index (κ1) is 25.3. The van der Waals surface area contributed by atoms with Crippen molar-refractivity contribution >= 4 is 6.08 Å². The Labute approximate surface area is 212 Å². The summed E-state index contributed by atoms with van der Waals surface area (Å²) in [6.07, 6.45) is 6.55. The molecule has 36 heavy (non-hydrogen) atoms. The number of hydrogen-bond donors (Lipinski definition) is 2. The minimum atomic E-state index is -4.33. The van der Waals surface area contributed by atoms with E-state index < -0.39 is 11.7 Å². The Kier molecular flexibility index (Phi) is 6.94. The molecule has 2 aromatic rings.